The zero-order valence-corrected chi connectivity index (χ0v) is 16.3. The summed E-state index contributed by atoms with van der Waals surface area (Å²) in [6.07, 6.45) is -0.964. The first kappa shape index (κ1) is 20.1. The Morgan fingerprint density at radius 2 is 2.14 bits per heavy atom. The fraction of sp³-hybridized carbons (Fsp3) is 0.316. The molecule has 5 N–H and O–H groups in total. The molecule has 0 saturated heterocycles. The molecule has 0 aliphatic carbocycles. The summed E-state index contributed by atoms with van der Waals surface area (Å²) < 4.78 is 10.8. The monoisotopic (exact) mass is 407 g/mol. The van der Waals surface area contributed by atoms with Crippen LogP contribution >= 0.6 is 11.6 Å². The van der Waals surface area contributed by atoms with Crippen LogP contribution in [0.4, 0.5) is 11.4 Å². The Morgan fingerprint density at radius 1 is 1.36 bits per heavy atom. The van der Waals surface area contributed by atoms with E-state index in [1.165, 1.54) is 12.1 Å². The lowest BCUT2D eigenvalue weighted by atomic mass is 10.0. The van der Waals surface area contributed by atoms with Crippen LogP contribution in [0, 0.1) is 0 Å². The summed E-state index contributed by atoms with van der Waals surface area (Å²) in [4.78, 5) is 11.5. The largest absolute Gasteiger partial charge is 0.508 e. The summed E-state index contributed by atoms with van der Waals surface area (Å²) >= 11 is 6.23. The van der Waals surface area contributed by atoms with E-state index in [0.29, 0.717) is 34.3 Å². The number of hydrogen-bond acceptors (Lipinski definition) is 7. The third-order valence-electron chi connectivity index (χ3n) is 4.38. The number of phenols is 1. The van der Waals surface area contributed by atoms with Crippen molar-refractivity contribution < 1.29 is 24.5 Å². The van der Waals surface area contributed by atoms with Gasteiger partial charge < -0.3 is 35.6 Å². The Kier molecular flexibility index (Phi) is 6.13. The van der Waals surface area contributed by atoms with E-state index in [2.05, 4.69) is 16.0 Å². The van der Waals surface area contributed by atoms with Crippen LogP contribution in [0.25, 0.3) is 0 Å². The molecule has 1 aliphatic heterocycles. The van der Waals surface area contributed by atoms with Crippen molar-refractivity contribution >= 4 is 28.9 Å². The topological polar surface area (TPSA) is 112 Å². The van der Waals surface area contributed by atoms with Crippen molar-refractivity contribution in [1.82, 2.24) is 5.32 Å². The molecule has 0 radical (unpaired) electrons. The Labute approximate surface area is 167 Å². The number of halogens is 1. The van der Waals surface area contributed by atoms with Gasteiger partial charge in [-0.05, 0) is 12.1 Å². The first-order chi connectivity index (χ1) is 13.4. The van der Waals surface area contributed by atoms with Crippen molar-refractivity contribution in [2.45, 2.75) is 12.6 Å². The first-order valence-electron chi connectivity index (χ1n) is 8.65. The number of rotatable bonds is 7. The lowest BCUT2D eigenvalue weighted by molar-refractivity contribution is -0.118. The molecule has 8 nitrogen and oxygen atoms in total. The maximum Gasteiger partial charge on any atom is 0.262 e. The number of aliphatic hydroxyl groups is 1. The predicted molar refractivity (Wildman–Crippen MR) is 106 cm³/mol. The Hall–Kier alpha value is -2.68. The second-order valence-corrected chi connectivity index (χ2v) is 6.70. The number of nitrogens with one attached hydrogen (secondary N) is 3. The molecule has 2 aromatic rings. The number of amides is 1. The van der Waals surface area contributed by atoms with Gasteiger partial charge in [-0.2, -0.15) is 0 Å². The van der Waals surface area contributed by atoms with Crippen LogP contribution in [-0.4, -0.2) is 43.4 Å². The average Bonchev–Trinajstić information content (AvgIpc) is 2.67. The molecule has 1 heterocycles. The molecule has 0 aromatic heterocycles. The van der Waals surface area contributed by atoms with E-state index < -0.39 is 6.10 Å². The zero-order chi connectivity index (χ0) is 20.3. The Balaban J connectivity index is 1.71. The van der Waals surface area contributed by atoms with Gasteiger partial charge in [0.05, 0.1) is 29.6 Å². The summed E-state index contributed by atoms with van der Waals surface area (Å²) in [6, 6.07) is 6.40. The van der Waals surface area contributed by atoms with Crippen LogP contribution in [0.1, 0.15) is 17.2 Å². The number of phenolic OH excluding ortho intramolecular Hbond substituents is 1. The smallest absolute Gasteiger partial charge is 0.262 e. The van der Waals surface area contributed by atoms with E-state index in [9.17, 15) is 15.0 Å². The van der Waals surface area contributed by atoms with Gasteiger partial charge in [0.2, 0.25) is 0 Å². The predicted octanol–water partition coefficient (Wildman–Crippen LogP) is 2.25. The molecule has 150 valence electrons. The van der Waals surface area contributed by atoms with Crippen molar-refractivity contribution in [3.63, 3.8) is 0 Å². The minimum Gasteiger partial charge on any atom is -0.508 e. The van der Waals surface area contributed by atoms with Crippen molar-refractivity contribution in [2.75, 3.05) is 37.9 Å². The lowest BCUT2D eigenvalue weighted by Gasteiger charge is -2.23. The molecule has 3 rings (SSSR count). The molecule has 2 aromatic carbocycles. The van der Waals surface area contributed by atoms with Gasteiger partial charge in [0.25, 0.3) is 5.91 Å². The van der Waals surface area contributed by atoms with Gasteiger partial charge in [0, 0.05) is 43.4 Å². The Bertz CT molecular complexity index is 890. The highest BCUT2D eigenvalue weighted by Gasteiger charge is 2.24. The summed E-state index contributed by atoms with van der Waals surface area (Å²) in [5.74, 6) is 0.627. The molecular weight excluding hydrogens is 386 g/mol. The van der Waals surface area contributed by atoms with Crippen LogP contribution in [0.3, 0.4) is 0 Å². The van der Waals surface area contributed by atoms with Gasteiger partial charge in [-0.1, -0.05) is 11.6 Å². The van der Waals surface area contributed by atoms with E-state index in [1.54, 1.807) is 26.3 Å². The van der Waals surface area contributed by atoms with Crippen molar-refractivity contribution in [1.29, 1.82) is 0 Å². The van der Waals surface area contributed by atoms with Crippen LogP contribution < -0.4 is 25.4 Å². The van der Waals surface area contributed by atoms with Gasteiger partial charge in [-0.15, -0.1) is 0 Å². The van der Waals surface area contributed by atoms with Crippen LogP contribution in [-0.2, 0) is 11.3 Å². The van der Waals surface area contributed by atoms with Crippen molar-refractivity contribution in [3.05, 3.63) is 40.4 Å². The van der Waals surface area contributed by atoms with Crippen molar-refractivity contribution in [3.8, 4) is 17.2 Å². The van der Waals surface area contributed by atoms with Gasteiger partial charge in [-0.25, -0.2) is 0 Å². The quantitative estimate of drug-likeness (QED) is 0.478. The van der Waals surface area contributed by atoms with Crippen LogP contribution in [0.15, 0.2) is 24.3 Å². The van der Waals surface area contributed by atoms with E-state index in [1.807, 2.05) is 0 Å². The van der Waals surface area contributed by atoms with E-state index in [-0.39, 0.29) is 24.8 Å². The molecule has 1 amide bonds. The molecule has 0 fully saturated rings. The van der Waals surface area contributed by atoms with Crippen molar-refractivity contribution in [2.24, 2.45) is 0 Å². The Morgan fingerprint density at radius 3 is 2.86 bits per heavy atom. The number of benzene rings is 2. The number of carbonyl (C=O) groups is 1. The molecular formula is C19H22ClN3O5. The number of carbonyl (C=O) groups excluding carboxylic acids is 1. The number of aromatic hydroxyl groups is 1. The maximum atomic E-state index is 11.5. The fourth-order valence-electron chi connectivity index (χ4n) is 3.03. The number of fused-ring (bicyclic) bond motifs is 1. The highest BCUT2D eigenvalue weighted by atomic mass is 35.5. The lowest BCUT2D eigenvalue weighted by Crippen LogP contribution is -2.27. The number of anilines is 2. The first-order valence-corrected chi connectivity index (χ1v) is 9.03. The third kappa shape index (κ3) is 4.24. The third-order valence-corrected chi connectivity index (χ3v) is 4.69. The zero-order valence-electron chi connectivity index (χ0n) is 15.5. The second kappa shape index (κ2) is 8.55. The minimum atomic E-state index is -0.964. The molecule has 1 unspecified atom stereocenters. The standard InChI is InChI=1S/C19H22ClN3O5/c1-21-14-6-17(27-2)10(3-13(14)20)7-22-8-16(25)12-4-11(24)5-15-19(12)28-9-18(26)23-15/h3-6,16,21-22,24-25H,7-9H2,1-2H3,(H,23,26). The maximum absolute atomic E-state index is 11.5. The fourth-order valence-corrected chi connectivity index (χ4v) is 3.31. The summed E-state index contributed by atoms with van der Waals surface area (Å²) in [6.45, 7) is 0.447. The summed E-state index contributed by atoms with van der Waals surface area (Å²) in [7, 11) is 3.35. The number of aliphatic hydroxyl groups excluding tert-OH is 1. The molecule has 9 heteroatoms. The minimum absolute atomic E-state index is 0.0743. The molecule has 1 aliphatic rings. The normalized spacial score (nSPS) is 13.9. The number of ether oxygens (including phenoxy) is 2. The average molecular weight is 408 g/mol. The SMILES string of the molecule is CNc1cc(OC)c(CNCC(O)c2cc(O)cc3c2OCC(=O)N3)cc1Cl. The van der Waals surface area contributed by atoms with E-state index in [4.69, 9.17) is 21.1 Å². The number of hydrogen-bond donors (Lipinski definition) is 5. The van der Waals surface area contributed by atoms with Crippen LogP contribution in [0.2, 0.25) is 5.02 Å². The summed E-state index contributed by atoms with van der Waals surface area (Å²) in [5, 5.41) is 29.8. The number of methoxy groups -OCH3 is 1. The molecule has 0 bridgehead atoms. The van der Waals surface area contributed by atoms with Gasteiger partial charge in [0.1, 0.15) is 17.2 Å². The van der Waals surface area contributed by atoms with Gasteiger partial charge in [-0.3, -0.25) is 4.79 Å². The molecule has 0 spiro atoms. The highest BCUT2D eigenvalue weighted by molar-refractivity contribution is 6.33. The molecule has 28 heavy (non-hydrogen) atoms. The molecule has 1 atom stereocenters. The van der Waals surface area contributed by atoms with E-state index in [0.717, 1.165) is 11.3 Å². The second-order valence-electron chi connectivity index (χ2n) is 6.29. The highest BCUT2D eigenvalue weighted by Crippen LogP contribution is 2.38. The van der Waals surface area contributed by atoms with Crippen LogP contribution in [0.5, 0.6) is 17.2 Å². The van der Waals surface area contributed by atoms with E-state index >= 15 is 0 Å². The van der Waals surface area contributed by atoms with Gasteiger partial charge in [0.15, 0.2) is 6.61 Å². The van der Waals surface area contributed by atoms with Gasteiger partial charge >= 0.3 is 0 Å². The summed E-state index contributed by atoms with van der Waals surface area (Å²) in [5.41, 5.74) is 2.31. The molecule has 0 saturated carbocycles.